The van der Waals surface area contributed by atoms with Crippen molar-refractivity contribution in [3.8, 4) is 0 Å². The Labute approximate surface area is 153 Å². The van der Waals surface area contributed by atoms with Crippen LogP contribution in [0.1, 0.15) is 27.9 Å². The van der Waals surface area contributed by atoms with E-state index in [0.717, 1.165) is 0 Å². The Balaban J connectivity index is 2.00. The minimum Gasteiger partial charge on any atom is -0.375 e. The minimum absolute atomic E-state index is 0.169. The smallest absolute Gasteiger partial charge is 0.261 e. The van der Waals surface area contributed by atoms with E-state index in [-0.39, 0.29) is 10.6 Å². The molecular formula is C17H12Cl3NO3. The summed E-state index contributed by atoms with van der Waals surface area (Å²) < 4.78 is 0. The zero-order valence-corrected chi connectivity index (χ0v) is 14.8. The Morgan fingerprint density at radius 1 is 1.17 bits per heavy atom. The van der Waals surface area contributed by atoms with Crippen LogP contribution in [0.5, 0.6) is 0 Å². The number of halogens is 3. The first-order valence-corrected chi connectivity index (χ1v) is 8.19. The lowest BCUT2D eigenvalue weighted by Crippen LogP contribution is -2.36. The van der Waals surface area contributed by atoms with Gasteiger partial charge in [0.15, 0.2) is 11.4 Å². The summed E-state index contributed by atoms with van der Waals surface area (Å²) in [5, 5.41) is 14.5. The molecule has 1 amide bonds. The lowest BCUT2D eigenvalue weighted by molar-refractivity contribution is -0.133. The highest BCUT2D eigenvalue weighted by Gasteiger charge is 2.47. The molecule has 0 saturated carbocycles. The molecule has 1 aliphatic heterocycles. The van der Waals surface area contributed by atoms with Crippen LogP contribution in [0.3, 0.4) is 0 Å². The van der Waals surface area contributed by atoms with Gasteiger partial charge in [0.05, 0.1) is 17.1 Å². The van der Waals surface area contributed by atoms with Crippen LogP contribution in [-0.4, -0.2) is 16.8 Å². The Kier molecular flexibility index (Phi) is 4.34. The van der Waals surface area contributed by atoms with Gasteiger partial charge in [-0.25, -0.2) is 0 Å². The van der Waals surface area contributed by atoms with Gasteiger partial charge in [0.2, 0.25) is 0 Å². The van der Waals surface area contributed by atoms with Crippen molar-refractivity contribution in [2.45, 2.75) is 18.9 Å². The van der Waals surface area contributed by atoms with Crippen molar-refractivity contribution < 1.29 is 14.7 Å². The normalized spacial score (nSPS) is 19.1. The number of carbonyl (C=O) groups is 2. The van der Waals surface area contributed by atoms with Gasteiger partial charge in [0.25, 0.3) is 5.91 Å². The lowest BCUT2D eigenvalue weighted by atomic mass is 9.87. The fraction of sp³-hybridized carbons (Fsp3) is 0.176. The minimum atomic E-state index is -1.97. The van der Waals surface area contributed by atoms with E-state index in [1.165, 1.54) is 18.2 Å². The van der Waals surface area contributed by atoms with E-state index in [2.05, 4.69) is 5.32 Å². The maximum absolute atomic E-state index is 12.6. The maximum atomic E-state index is 12.6. The average Bonchev–Trinajstić information content (AvgIpc) is 2.75. The molecule has 0 aromatic heterocycles. The molecule has 0 saturated heterocycles. The first-order valence-electron chi connectivity index (χ1n) is 7.05. The van der Waals surface area contributed by atoms with Crippen LogP contribution < -0.4 is 5.32 Å². The molecule has 0 fully saturated rings. The molecular weight excluding hydrogens is 373 g/mol. The molecule has 0 unspecified atom stereocenters. The van der Waals surface area contributed by atoms with Crippen LogP contribution in [0.4, 0.5) is 5.69 Å². The van der Waals surface area contributed by atoms with E-state index in [4.69, 9.17) is 34.8 Å². The predicted molar refractivity (Wildman–Crippen MR) is 94.1 cm³/mol. The molecule has 7 heteroatoms. The number of anilines is 1. The van der Waals surface area contributed by atoms with Crippen LogP contribution in [0.2, 0.25) is 15.1 Å². The highest BCUT2D eigenvalue weighted by atomic mass is 35.5. The van der Waals surface area contributed by atoms with E-state index in [1.54, 1.807) is 19.1 Å². The molecule has 24 heavy (non-hydrogen) atoms. The topological polar surface area (TPSA) is 66.4 Å². The van der Waals surface area contributed by atoms with Gasteiger partial charge in [0.1, 0.15) is 0 Å². The van der Waals surface area contributed by atoms with Crippen molar-refractivity contribution in [1.29, 1.82) is 0 Å². The summed E-state index contributed by atoms with van der Waals surface area (Å²) in [4.78, 5) is 24.9. The number of carbonyl (C=O) groups excluding carboxylic acids is 2. The number of benzene rings is 2. The third-order valence-electron chi connectivity index (χ3n) is 4.11. The van der Waals surface area contributed by atoms with Gasteiger partial charge in [-0.05, 0) is 36.8 Å². The Hall–Kier alpha value is -1.59. The molecule has 2 aromatic carbocycles. The maximum Gasteiger partial charge on any atom is 0.261 e. The van der Waals surface area contributed by atoms with Crippen molar-refractivity contribution >= 4 is 52.2 Å². The van der Waals surface area contributed by atoms with Crippen molar-refractivity contribution in [2.24, 2.45) is 0 Å². The summed E-state index contributed by atoms with van der Waals surface area (Å²) in [5.74, 6) is -1.13. The van der Waals surface area contributed by atoms with Gasteiger partial charge in [-0.1, -0.05) is 40.9 Å². The van der Waals surface area contributed by atoms with Gasteiger partial charge < -0.3 is 10.4 Å². The first kappa shape index (κ1) is 17.2. The SMILES string of the molecule is Cc1c(Cl)ccc2c1NC(=O)[C@]2(O)CC(=O)c1ccc(Cl)cc1Cl. The highest BCUT2D eigenvalue weighted by Crippen LogP contribution is 2.43. The molecule has 0 radical (unpaired) electrons. The van der Waals surface area contributed by atoms with Crippen molar-refractivity contribution in [2.75, 3.05) is 5.32 Å². The lowest BCUT2D eigenvalue weighted by Gasteiger charge is -2.20. The number of rotatable bonds is 3. The van der Waals surface area contributed by atoms with Crippen LogP contribution in [-0.2, 0) is 10.4 Å². The average molecular weight is 385 g/mol. The number of hydrogen-bond acceptors (Lipinski definition) is 3. The number of amides is 1. The van der Waals surface area contributed by atoms with Crippen LogP contribution >= 0.6 is 34.8 Å². The Morgan fingerprint density at radius 2 is 1.88 bits per heavy atom. The fourth-order valence-electron chi connectivity index (χ4n) is 2.75. The molecule has 1 aliphatic rings. The second-order valence-corrected chi connectivity index (χ2v) is 6.88. The Morgan fingerprint density at radius 3 is 2.54 bits per heavy atom. The number of fused-ring (bicyclic) bond motifs is 1. The van der Waals surface area contributed by atoms with Crippen molar-refractivity contribution in [3.63, 3.8) is 0 Å². The quantitative estimate of drug-likeness (QED) is 0.772. The van der Waals surface area contributed by atoms with Gasteiger partial charge >= 0.3 is 0 Å². The summed E-state index contributed by atoms with van der Waals surface area (Å²) in [6.07, 6.45) is -0.436. The van der Waals surface area contributed by atoms with Crippen LogP contribution in [0.25, 0.3) is 0 Å². The summed E-state index contributed by atoms with van der Waals surface area (Å²) in [5.41, 5.74) is -0.375. The molecule has 0 aliphatic carbocycles. The fourth-order valence-corrected chi connectivity index (χ4v) is 3.42. The van der Waals surface area contributed by atoms with E-state index >= 15 is 0 Å². The van der Waals surface area contributed by atoms with Crippen LogP contribution in [0.15, 0.2) is 30.3 Å². The summed E-state index contributed by atoms with van der Waals surface area (Å²) in [6, 6.07) is 7.56. The standard InChI is InChI=1S/C17H12Cl3NO3/c1-8-12(19)5-4-11-15(8)21-16(23)17(11,24)7-14(22)10-3-2-9(18)6-13(10)20/h2-6,24H,7H2,1H3,(H,21,23)/t17-/m0/s1. The summed E-state index contributed by atoms with van der Waals surface area (Å²) >= 11 is 17.9. The van der Waals surface area contributed by atoms with E-state index in [1.807, 2.05) is 0 Å². The molecule has 2 N–H and O–H groups in total. The molecule has 4 nitrogen and oxygen atoms in total. The second-order valence-electron chi connectivity index (χ2n) is 5.63. The number of aliphatic hydroxyl groups is 1. The third-order valence-corrected chi connectivity index (χ3v) is 5.06. The predicted octanol–water partition coefficient (Wildman–Crippen LogP) is 4.37. The molecule has 0 bridgehead atoms. The monoisotopic (exact) mass is 383 g/mol. The zero-order valence-electron chi connectivity index (χ0n) is 12.5. The van der Waals surface area contributed by atoms with E-state index in [0.29, 0.717) is 26.9 Å². The van der Waals surface area contributed by atoms with Gasteiger partial charge in [-0.2, -0.15) is 0 Å². The molecule has 1 heterocycles. The van der Waals surface area contributed by atoms with E-state index in [9.17, 15) is 14.7 Å². The van der Waals surface area contributed by atoms with Crippen molar-refractivity contribution in [3.05, 3.63) is 62.1 Å². The first-order chi connectivity index (χ1) is 11.2. The van der Waals surface area contributed by atoms with Gasteiger partial charge in [-0.3, -0.25) is 9.59 Å². The molecule has 2 aromatic rings. The zero-order chi connectivity index (χ0) is 17.6. The second kappa shape index (κ2) is 6.05. The van der Waals surface area contributed by atoms with Gasteiger partial charge in [0, 0.05) is 21.2 Å². The largest absolute Gasteiger partial charge is 0.375 e. The molecule has 0 spiro atoms. The number of Topliss-reactive ketones (excluding diaryl/α,β-unsaturated/α-hetero) is 1. The van der Waals surface area contributed by atoms with Crippen LogP contribution in [0, 0.1) is 6.92 Å². The number of ketones is 1. The summed E-state index contributed by atoms with van der Waals surface area (Å²) in [7, 11) is 0. The highest BCUT2D eigenvalue weighted by molar-refractivity contribution is 6.37. The molecule has 124 valence electrons. The number of nitrogens with one attached hydrogen (secondary N) is 1. The molecule has 1 atom stereocenters. The summed E-state index contributed by atoms with van der Waals surface area (Å²) in [6.45, 7) is 1.73. The van der Waals surface area contributed by atoms with E-state index < -0.39 is 23.7 Å². The third kappa shape index (κ3) is 2.70. The van der Waals surface area contributed by atoms with Crippen molar-refractivity contribution in [1.82, 2.24) is 0 Å². The molecule has 3 rings (SSSR count). The number of hydrogen-bond donors (Lipinski definition) is 2. The van der Waals surface area contributed by atoms with Gasteiger partial charge in [-0.15, -0.1) is 0 Å². The Bertz CT molecular complexity index is 882.